The molecule has 0 radical (unpaired) electrons. The highest BCUT2D eigenvalue weighted by Gasteiger charge is 2.14. The summed E-state index contributed by atoms with van der Waals surface area (Å²) >= 11 is 6.35. The first kappa shape index (κ1) is 26.5. The minimum Gasteiger partial charge on any atom is -0.465 e. The van der Waals surface area contributed by atoms with Crippen LogP contribution in [0.2, 0.25) is 5.02 Å². The number of nitrogens with one attached hydrogen (secondary N) is 1. The van der Waals surface area contributed by atoms with Crippen LogP contribution in [0.15, 0.2) is 116 Å². The Kier molecular flexibility index (Phi) is 7.48. The number of rotatable bonds is 7. The molecule has 6 rings (SSSR count). The average Bonchev–Trinajstić information content (AvgIpc) is 3.56. The lowest BCUT2D eigenvalue weighted by atomic mass is 9.98. The van der Waals surface area contributed by atoms with Gasteiger partial charge in [-0.25, -0.2) is 4.79 Å². The van der Waals surface area contributed by atoms with Gasteiger partial charge in [0.2, 0.25) is 0 Å². The maximum atomic E-state index is 11.0. The Balaban J connectivity index is 1.39. The molecule has 0 saturated heterocycles. The number of pyridine rings is 2. The largest absolute Gasteiger partial charge is 0.465 e. The quantitative estimate of drug-likeness (QED) is 0.209. The molecule has 0 aliphatic heterocycles. The Morgan fingerprint density at radius 1 is 0.833 bits per heavy atom. The van der Waals surface area contributed by atoms with Crippen molar-refractivity contribution in [3.05, 3.63) is 138 Å². The fourth-order valence-corrected chi connectivity index (χ4v) is 4.72. The molecule has 9 nitrogen and oxygen atoms in total. The van der Waals surface area contributed by atoms with E-state index in [0.29, 0.717) is 10.7 Å². The van der Waals surface area contributed by atoms with E-state index in [4.69, 9.17) is 26.7 Å². The van der Waals surface area contributed by atoms with E-state index < -0.39 is 6.09 Å². The molecule has 3 aromatic heterocycles. The van der Waals surface area contributed by atoms with Crippen LogP contribution < -0.4 is 5.32 Å². The topological polar surface area (TPSA) is 119 Å². The molecular formula is C32H22ClN7O2. The van der Waals surface area contributed by atoms with Crippen LogP contribution in [0.4, 0.5) is 10.5 Å². The van der Waals surface area contributed by atoms with Crippen molar-refractivity contribution in [2.24, 2.45) is 0 Å². The number of hydrogen-bond acceptors (Lipinski definition) is 6. The van der Waals surface area contributed by atoms with E-state index in [1.54, 1.807) is 35.3 Å². The summed E-state index contributed by atoms with van der Waals surface area (Å²) in [5.41, 5.74) is 8.13. The zero-order valence-corrected chi connectivity index (χ0v) is 22.7. The fourth-order valence-electron chi connectivity index (χ4n) is 4.55. The van der Waals surface area contributed by atoms with Crippen LogP contribution in [0.1, 0.15) is 17.0 Å². The van der Waals surface area contributed by atoms with Gasteiger partial charge in [0.1, 0.15) is 6.33 Å². The van der Waals surface area contributed by atoms with Crippen LogP contribution in [0.3, 0.4) is 0 Å². The number of amides is 1. The number of carbonyl (C=O) groups is 1. The lowest BCUT2D eigenvalue weighted by Crippen LogP contribution is -2.06. The molecule has 1 amide bonds. The Hall–Kier alpha value is -5.67. The van der Waals surface area contributed by atoms with Crippen molar-refractivity contribution in [3.8, 4) is 27.9 Å². The summed E-state index contributed by atoms with van der Waals surface area (Å²) in [4.78, 5) is 20.5. The van der Waals surface area contributed by atoms with Crippen LogP contribution in [-0.2, 0) is 0 Å². The van der Waals surface area contributed by atoms with Gasteiger partial charge in [0.25, 0.3) is 0 Å². The monoisotopic (exact) mass is 571 g/mol. The van der Waals surface area contributed by atoms with Crippen molar-refractivity contribution >= 4 is 35.0 Å². The van der Waals surface area contributed by atoms with Crippen LogP contribution in [0, 0.1) is 0 Å². The third kappa shape index (κ3) is 5.91. The maximum Gasteiger partial charge on any atom is 0.409 e. The molecule has 3 heterocycles. The molecule has 0 aliphatic carbocycles. The van der Waals surface area contributed by atoms with Gasteiger partial charge in [0, 0.05) is 39.8 Å². The van der Waals surface area contributed by atoms with E-state index in [1.165, 1.54) is 6.33 Å². The number of benzene rings is 3. The molecular weight excluding hydrogens is 550 g/mol. The third-order valence-electron chi connectivity index (χ3n) is 6.52. The number of hydrogen-bond donors (Lipinski definition) is 2. The second-order valence-corrected chi connectivity index (χ2v) is 9.69. The van der Waals surface area contributed by atoms with Crippen LogP contribution in [0.25, 0.3) is 39.6 Å². The van der Waals surface area contributed by atoms with Crippen LogP contribution in [-0.4, -0.2) is 41.4 Å². The number of anilines is 1. The minimum atomic E-state index is -1.11. The lowest BCUT2D eigenvalue weighted by Gasteiger charge is -2.12. The van der Waals surface area contributed by atoms with E-state index in [2.05, 4.69) is 26.9 Å². The molecule has 0 aliphatic rings. The summed E-state index contributed by atoms with van der Waals surface area (Å²) in [6, 6.07) is 30.5. The first-order valence-electron chi connectivity index (χ1n) is 12.9. The predicted molar refractivity (Wildman–Crippen MR) is 162 cm³/mol. The van der Waals surface area contributed by atoms with Crippen LogP contribution >= 0.6 is 11.6 Å². The lowest BCUT2D eigenvalue weighted by molar-refractivity contribution is 0.209. The Bertz CT molecular complexity index is 1870. The molecule has 0 spiro atoms. The Morgan fingerprint density at radius 3 is 2.36 bits per heavy atom. The second kappa shape index (κ2) is 11.8. The van der Waals surface area contributed by atoms with E-state index in [9.17, 15) is 4.79 Å². The molecule has 6 aromatic rings. The summed E-state index contributed by atoms with van der Waals surface area (Å²) in [6.45, 7) is 0. The summed E-state index contributed by atoms with van der Waals surface area (Å²) in [6.07, 6.45) is 6.03. The molecule has 10 heteroatoms. The smallest absolute Gasteiger partial charge is 0.409 e. The molecule has 2 N–H and O–H groups in total. The van der Waals surface area contributed by atoms with Gasteiger partial charge in [-0.3, -0.25) is 15.3 Å². The zero-order chi connectivity index (χ0) is 28.9. The first-order chi connectivity index (χ1) is 20.5. The summed E-state index contributed by atoms with van der Waals surface area (Å²) < 4.78 is 1.58. The van der Waals surface area contributed by atoms with E-state index >= 15 is 0 Å². The second-order valence-electron chi connectivity index (χ2n) is 9.25. The Morgan fingerprint density at radius 2 is 1.64 bits per heavy atom. The number of tetrazole rings is 1. The highest BCUT2D eigenvalue weighted by Crippen LogP contribution is 2.32. The number of aromatic nitrogens is 6. The molecule has 42 heavy (non-hydrogen) atoms. The van der Waals surface area contributed by atoms with E-state index in [0.717, 1.165) is 50.5 Å². The summed E-state index contributed by atoms with van der Waals surface area (Å²) in [5, 5.41) is 23.5. The standard InChI is InChI=1S/C32H22ClN7O2/c33-25-9-13-31(40-20-36-38-39-40)27(18-25)24-8-12-29(35-19-24)28(16-21-4-2-1-3-5-21)30-17-23(14-15-34-30)22-6-10-26(11-7-22)37-32(41)42/h1-20,37H,(H,41,42). The highest BCUT2D eigenvalue weighted by atomic mass is 35.5. The van der Waals surface area contributed by atoms with Gasteiger partial charge in [-0.05, 0) is 81.7 Å². The van der Waals surface area contributed by atoms with Gasteiger partial charge in [-0.15, -0.1) is 5.10 Å². The fraction of sp³-hybridized carbons (Fsp3) is 0. The van der Waals surface area contributed by atoms with Gasteiger partial charge in [-0.2, -0.15) is 4.68 Å². The molecule has 0 saturated carbocycles. The number of nitrogens with zero attached hydrogens (tertiary/aromatic N) is 6. The van der Waals surface area contributed by atoms with Gasteiger partial charge in [0.15, 0.2) is 0 Å². The van der Waals surface area contributed by atoms with Crippen molar-refractivity contribution in [1.82, 2.24) is 30.2 Å². The normalized spacial score (nSPS) is 11.3. The van der Waals surface area contributed by atoms with Crippen molar-refractivity contribution in [2.75, 3.05) is 5.32 Å². The average molecular weight is 572 g/mol. The van der Waals surface area contributed by atoms with Crippen LogP contribution in [0.5, 0.6) is 0 Å². The van der Waals surface area contributed by atoms with Crippen molar-refractivity contribution in [1.29, 1.82) is 0 Å². The maximum absolute atomic E-state index is 11.0. The first-order valence-corrected chi connectivity index (χ1v) is 13.2. The van der Waals surface area contributed by atoms with Gasteiger partial charge in [0.05, 0.1) is 17.1 Å². The van der Waals surface area contributed by atoms with Crippen molar-refractivity contribution in [3.63, 3.8) is 0 Å². The molecule has 0 bridgehead atoms. The van der Waals surface area contributed by atoms with E-state index in [1.807, 2.05) is 78.9 Å². The van der Waals surface area contributed by atoms with E-state index in [-0.39, 0.29) is 0 Å². The highest BCUT2D eigenvalue weighted by molar-refractivity contribution is 6.31. The SMILES string of the molecule is O=C(O)Nc1ccc(-c2ccnc(C(=Cc3ccccc3)c3ccc(-c4cc(Cl)ccc4-n4cnnn4)cn3)c2)cc1. The molecule has 204 valence electrons. The molecule has 0 fully saturated rings. The number of carboxylic acid groups (broad SMARTS) is 1. The zero-order valence-electron chi connectivity index (χ0n) is 22.0. The van der Waals surface area contributed by atoms with Gasteiger partial charge in [-0.1, -0.05) is 60.1 Å². The van der Waals surface area contributed by atoms with Gasteiger partial charge < -0.3 is 5.11 Å². The number of halogens is 1. The molecule has 0 unspecified atom stereocenters. The summed E-state index contributed by atoms with van der Waals surface area (Å²) in [7, 11) is 0. The van der Waals surface area contributed by atoms with Crippen molar-refractivity contribution in [2.45, 2.75) is 0 Å². The molecule has 3 aromatic carbocycles. The van der Waals surface area contributed by atoms with Gasteiger partial charge >= 0.3 is 6.09 Å². The Labute approximate surface area is 245 Å². The predicted octanol–water partition coefficient (Wildman–Crippen LogP) is 7.12. The summed E-state index contributed by atoms with van der Waals surface area (Å²) in [5.74, 6) is 0. The minimum absolute atomic E-state index is 0.498. The molecule has 0 atom stereocenters. The van der Waals surface area contributed by atoms with Crippen molar-refractivity contribution < 1.29 is 9.90 Å². The third-order valence-corrected chi connectivity index (χ3v) is 6.76.